The van der Waals surface area contributed by atoms with Crippen LogP contribution < -0.4 is 10.6 Å². The second kappa shape index (κ2) is 12.8. The third-order valence-corrected chi connectivity index (χ3v) is 6.02. The molecule has 3 heterocycles. The smallest absolute Gasteiger partial charge is 0.258 e. The Morgan fingerprint density at radius 1 is 0.935 bits per heavy atom. The fourth-order valence-electron chi connectivity index (χ4n) is 3.45. The number of aryl methyl sites for hydroxylation is 1. The predicted molar refractivity (Wildman–Crippen MR) is 133 cm³/mol. The molecule has 0 radical (unpaired) electrons. The highest BCUT2D eigenvalue weighted by Gasteiger charge is 2.19. The molecule has 1 aromatic carbocycles. The Morgan fingerprint density at radius 3 is 2.55 bits per heavy atom. The van der Waals surface area contributed by atoms with Crippen LogP contribution in [-0.4, -0.2) is 34.9 Å². The van der Waals surface area contributed by atoms with Crippen LogP contribution in [0, 0.1) is 0 Å². The molecule has 1 aliphatic heterocycles. The van der Waals surface area contributed by atoms with Crippen molar-refractivity contribution >= 4 is 54.2 Å². The lowest BCUT2D eigenvalue weighted by Gasteiger charge is -2.15. The molecule has 0 aliphatic carbocycles. The van der Waals surface area contributed by atoms with Crippen molar-refractivity contribution in [2.75, 3.05) is 19.6 Å². The summed E-state index contributed by atoms with van der Waals surface area (Å²) in [6.07, 6.45) is 8.03. The molecular formula is C23H28Cl2N4OS. The second-order valence-electron chi connectivity index (χ2n) is 7.15. The molecule has 166 valence electrons. The van der Waals surface area contributed by atoms with Gasteiger partial charge in [-0.2, -0.15) is 0 Å². The Balaban J connectivity index is 0.00000171. The molecule has 0 saturated carbocycles. The Labute approximate surface area is 199 Å². The number of halogens is 2. The van der Waals surface area contributed by atoms with Crippen LogP contribution in [-0.2, 0) is 11.2 Å². The van der Waals surface area contributed by atoms with Gasteiger partial charge >= 0.3 is 0 Å². The molecule has 0 fully saturated rings. The predicted octanol–water partition coefficient (Wildman–Crippen LogP) is 4.74. The average Bonchev–Trinajstić information content (AvgIpc) is 3.18. The molecule has 5 nitrogen and oxygen atoms in total. The van der Waals surface area contributed by atoms with Gasteiger partial charge in [-0.15, -0.1) is 24.8 Å². The molecule has 31 heavy (non-hydrogen) atoms. The van der Waals surface area contributed by atoms with Crippen molar-refractivity contribution in [2.45, 2.75) is 30.7 Å². The molecule has 0 atom stereocenters. The highest BCUT2D eigenvalue weighted by molar-refractivity contribution is 8.04. The van der Waals surface area contributed by atoms with Crippen molar-refractivity contribution in [3.05, 3.63) is 70.9 Å². The van der Waals surface area contributed by atoms with Crippen LogP contribution >= 0.6 is 36.6 Å². The van der Waals surface area contributed by atoms with Gasteiger partial charge in [0.1, 0.15) is 5.65 Å². The molecule has 0 spiro atoms. The van der Waals surface area contributed by atoms with Crippen LogP contribution in [0.1, 0.15) is 30.5 Å². The number of aromatic nitrogens is 2. The Morgan fingerprint density at radius 2 is 1.71 bits per heavy atom. The number of amides is 1. The molecule has 0 unspecified atom stereocenters. The fourth-order valence-corrected chi connectivity index (χ4v) is 4.46. The summed E-state index contributed by atoms with van der Waals surface area (Å²) in [4.78, 5) is 17.6. The van der Waals surface area contributed by atoms with Crippen molar-refractivity contribution in [3.8, 4) is 0 Å². The Kier molecular flexibility index (Phi) is 10.4. The van der Waals surface area contributed by atoms with Crippen LogP contribution in [0.4, 0.5) is 0 Å². The van der Waals surface area contributed by atoms with Crippen LogP contribution in [0.3, 0.4) is 0 Å². The number of unbranched alkanes of at least 4 members (excludes halogenated alkanes) is 1. The Hall–Kier alpha value is -1.99. The zero-order valence-electron chi connectivity index (χ0n) is 17.3. The van der Waals surface area contributed by atoms with E-state index in [1.807, 2.05) is 30.5 Å². The largest absolute Gasteiger partial charge is 0.352 e. The van der Waals surface area contributed by atoms with Crippen molar-refractivity contribution in [2.24, 2.45) is 0 Å². The first-order valence-corrected chi connectivity index (χ1v) is 11.0. The van der Waals surface area contributed by atoms with E-state index in [0.29, 0.717) is 6.54 Å². The normalized spacial score (nSPS) is 11.9. The quantitative estimate of drug-likeness (QED) is 0.413. The van der Waals surface area contributed by atoms with Gasteiger partial charge in [0.15, 0.2) is 0 Å². The number of hydrogen-bond donors (Lipinski definition) is 2. The second-order valence-corrected chi connectivity index (χ2v) is 8.22. The van der Waals surface area contributed by atoms with Gasteiger partial charge in [-0.1, -0.05) is 48.2 Å². The minimum Gasteiger partial charge on any atom is -0.352 e. The molecule has 1 aliphatic rings. The molecule has 1 amide bonds. The molecule has 8 heteroatoms. The molecule has 2 aromatic heterocycles. The van der Waals surface area contributed by atoms with E-state index >= 15 is 0 Å². The van der Waals surface area contributed by atoms with Gasteiger partial charge in [0.05, 0.1) is 21.8 Å². The zero-order valence-corrected chi connectivity index (χ0v) is 19.7. The Bertz CT molecular complexity index is 1010. The van der Waals surface area contributed by atoms with Crippen molar-refractivity contribution in [1.29, 1.82) is 0 Å². The van der Waals surface area contributed by atoms with E-state index < -0.39 is 0 Å². The summed E-state index contributed by atoms with van der Waals surface area (Å²) in [5.74, 6) is -0.00438. The van der Waals surface area contributed by atoms with Gasteiger partial charge in [0.2, 0.25) is 0 Å². The van der Waals surface area contributed by atoms with Crippen LogP contribution in [0.2, 0.25) is 0 Å². The fraction of sp³-hybridized carbons (Fsp3) is 0.304. The summed E-state index contributed by atoms with van der Waals surface area (Å²) in [6.45, 7) is 2.72. The number of rotatable bonds is 10. The summed E-state index contributed by atoms with van der Waals surface area (Å²) in [5, 5.41) is 7.56. The maximum atomic E-state index is 12.5. The van der Waals surface area contributed by atoms with E-state index in [2.05, 4.69) is 50.4 Å². The maximum Gasteiger partial charge on any atom is 0.258 e. The number of benzene rings is 1. The highest BCUT2D eigenvalue weighted by Crippen LogP contribution is 2.34. The summed E-state index contributed by atoms with van der Waals surface area (Å²) in [6, 6.07) is 16.6. The molecule has 4 rings (SSSR count). The summed E-state index contributed by atoms with van der Waals surface area (Å²) in [5.41, 5.74) is 3.27. The number of thioether (sulfide) groups is 1. The number of nitrogens with one attached hydrogen (secondary N) is 2. The van der Waals surface area contributed by atoms with E-state index in [9.17, 15) is 4.79 Å². The van der Waals surface area contributed by atoms with Gasteiger partial charge in [0, 0.05) is 6.54 Å². The topological polar surface area (TPSA) is 58.4 Å². The first kappa shape index (κ1) is 25.3. The number of nitrogens with zero attached hydrogens (tertiary/aromatic N) is 2. The number of hydrogen-bond acceptors (Lipinski definition) is 4. The van der Waals surface area contributed by atoms with Crippen molar-refractivity contribution < 1.29 is 4.79 Å². The van der Waals surface area contributed by atoms with E-state index in [4.69, 9.17) is 0 Å². The van der Waals surface area contributed by atoms with Crippen molar-refractivity contribution in [3.63, 3.8) is 0 Å². The van der Waals surface area contributed by atoms with E-state index in [0.717, 1.165) is 60.0 Å². The molecule has 0 saturated heterocycles. The minimum absolute atomic E-state index is 0. The highest BCUT2D eigenvalue weighted by atomic mass is 35.5. The lowest BCUT2D eigenvalue weighted by Crippen LogP contribution is -2.26. The van der Waals surface area contributed by atoms with E-state index in [-0.39, 0.29) is 30.7 Å². The maximum absolute atomic E-state index is 12.5. The number of carbonyl (C=O) groups is 1. The zero-order chi connectivity index (χ0) is 19.9. The average molecular weight is 479 g/mol. The standard InChI is InChI=1S/C23H26N4OS.2ClH/c28-23(20-16-19-17-26-21-11-6-12-22(29-20)27(19)21)25-15-5-4-13-24-14-7-10-18-8-2-1-3-9-18;;/h1-3,6,8-9,11-12,16-17,24H,4-5,7,10,13-15H2,(H,25,28);2*1H. The van der Waals surface area contributed by atoms with E-state index in [1.165, 1.54) is 17.3 Å². The van der Waals surface area contributed by atoms with Gasteiger partial charge in [0.25, 0.3) is 5.91 Å². The number of carbonyl (C=O) groups excluding carboxylic acids is 1. The third kappa shape index (κ3) is 6.74. The molecule has 3 aromatic rings. The molecule has 2 N–H and O–H groups in total. The summed E-state index contributed by atoms with van der Waals surface area (Å²) >= 11 is 1.50. The van der Waals surface area contributed by atoms with Gasteiger partial charge in [-0.3, -0.25) is 9.20 Å². The SMILES string of the molecule is Cl.Cl.O=C(NCCCCNCCCc1ccccc1)C1=Cc2cnc3cccc(n23)S1. The molecular weight excluding hydrogens is 451 g/mol. The first-order valence-electron chi connectivity index (χ1n) is 10.2. The third-order valence-electron chi connectivity index (χ3n) is 4.97. The summed E-state index contributed by atoms with van der Waals surface area (Å²) < 4.78 is 2.07. The van der Waals surface area contributed by atoms with Gasteiger partial charge in [-0.05, 0) is 62.5 Å². The van der Waals surface area contributed by atoms with Crippen molar-refractivity contribution in [1.82, 2.24) is 20.0 Å². The van der Waals surface area contributed by atoms with Gasteiger partial charge in [-0.25, -0.2) is 4.98 Å². The summed E-state index contributed by atoms with van der Waals surface area (Å²) in [7, 11) is 0. The van der Waals surface area contributed by atoms with Crippen LogP contribution in [0.25, 0.3) is 11.7 Å². The lowest BCUT2D eigenvalue weighted by molar-refractivity contribution is -0.116. The van der Waals surface area contributed by atoms with Crippen LogP contribution in [0.15, 0.2) is 64.7 Å². The minimum atomic E-state index is -0.00438. The molecule has 0 bridgehead atoms. The van der Waals surface area contributed by atoms with Crippen LogP contribution in [0.5, 0.6) is 0 Å². The number of imidazole rings is 1. The monoisotopic (exact) mass is 478 g/mol. The van der Waals surface area contributed by atoms with Gasteiger partial charge < -0.3 is 10.6 Å². The lowest BCUT2D eigenvalue weighted by atomic mass is 10.1. The number of pyridine rings is 1. The first-order chi connectivity index (χ1) is 14.3. The van der Waals surface area contributed by atoms with E-state index in [1.54, 1.807) is 0 Å².